The van der Waals surface area contributed by atoms with Crippen LogP contribution < -0.4 is 10.9 Å². The second-order valence-corrected chi connectivity index (χ2v) is 9.60. The fourth-order valence-corrected chi connectivity index (χ4v) is 5.72. The van der Waals surface area contributed by atoms with Gasteiger partial charge in [-0.3, -0.25) is 14.5 Å². The van der Waals surface area contributed by atoms with Crippen LogP contribution in [-0.2, 0) is 4.79 Å². The Balaban J connectivity index is 1.44. The summed E-state index contributed by atoms with van der Waals surface area (Å²) < 4.78 is 7.22. The molecule has 170 valence electrons. The molecule has 1 aromatic carbocycles. The molecule has 1 N–H and O–H groups in total. The van der Waals surface area contributed by atoms with Gasteiger partial charge in [0.1, 0.15) is 16.7 Å². The molecule has 0 unspecified atom stereocenters. The molecule has 1 amide bonds. The van der Waals surface area contributed by atoms with E-state index < -0.39 is 0 Å². The first-order chi connectivity index (χ1) is 15.5. The Labute approximate surface area is 191 Å². The summed E-state index contributed by atoms with van der Waals surface area (Å²) in [6.45, 7) is 4.22. The Morgan fingerprint density at radius 3 is 2.81 bits per heavy atom. The predicted octanol–water partition coefficient (Wildman–Crippen LogP) is 4.19. The topological polar surface area (TPSA) is 80.4 Å². The smallest absolute Gasteiger partial charge is 0.264 e. The maximum absolute atomic E-state index is 13.6. The van der Waals surface area contributed by atoms with Gasteiger partial charge in [0.15, 0.2) is 0 Å². The molecule has 0 radical (unpaired) electrons. The number of amides is 1. The van der Waals surface area contributed by atoms with Crippen molar-refractivity contribution in [2.75, 3.05) is 19.6 Å². The molecule has 3 heterocycles. The van der Waals surface area contributed by atoms with Crippen molar-refractivity contribution in [1.82, 2.24) is 19.9 Å². The Kier molecular flexibility index (Phi) is 5.95. The average molecular weight is 457 g/mol. The van der Waals surface area contributed by atoms with Gasteiger partial charge in [-0.05, 0) is 70.7 Å². The van der Waals surface area contributed by atoms with Crippen molar-refractivity contribution in [1.29, 1.82) is 0 Å². The van der Waals surface area contributed by atoms with Gasteiger partial charge in [0, 0.05) is 17.5 Å². The molecule has 1 saturated heterocycles. The molecule has 1 saturated carbocycles. The second-order valence-electron chi connectivity index (χ2n) is 9.19. The van der Waals surface area contributed by atoms with Crippen LogP contribution in [0.4, 0.5) is 0 Å². The van der Waals surface area contributed by atoms with E-state index in [1.165, 1.54) is 19.3 Å². The third-order valence-corrected chi connectivity index (χ3v) is 7.29. The van der Waals surface area contributed by atoms with Crippen LogP contribution in [0, 0.1) is 6.92 Å². The quantitative estimate of drug-likeness (QED) is 0.636. The number of halogens is 1. The number of aromatic nitrogens is 2. The van der Waals surface area contributed by atoms with E-state index in [0.717, 1.165) is 49.7 Å². The van der Waals surface area contributed by atoms with Crippen molar-refractivity contribution in [2.24, 2.45) is 0 Å². The number of aryl methyl sites for hydroxylation is 1. The number of piperidine rings is 1. The van der Waals surface area contributed by atoms with Crippen LogP contribution in [0.3, 0.4) is 0 Å². The van der Waals surface area contributed by atoms with E-state index in [4.69, 9.17) is 16.1 Å². The van der Waals surface area contributed by atoms with Crippen LogP contribution in [-0.4, -0.2) is 46.2 Å². The Hall–Kier alpha value is -2.38. The van der Waals surface area contributed by atoms with Gasteiger partial charge < -0.3 is 14.4 Å². The van der Waals surface area contributed by atoms with E-state index in [1.54, 1.807) is 6.92 Å². The lowest BCUT2D eigenvalue weighted by atomic mass is 9.90. The Morgan fingerprint density at radius 1 is 1.19 bits per heavy atom. The maximum atomic E-state index is 13.6. The summed E-state index contributed by atoms with van der Waals surface area (Å²) in [6, 6.07) is 5.64. The fourth-order valence-electron chi connectivity index (χ4n) is 5.46. The third kappa shape index (κ3) is 3.92. The molecule has 2 atom stereocenters. The predicted molar refractivity (Wildman–Crippen MR) is 125 cm³/mol. The van der Waals surface area contributed by atoms with Gasteiger partial charge in [0.2, 0.25) is 5.91 Å². The number of hydrogen-bond acceptors (Lipinski definition) is 5. The van der Waals surface area contributed by atoms with E-state index in [-0.39, 0.29) is 23.6 Å². The molecule has 7 nitrogen and oxygen atoms in total. The first-order valence-corrected chi connectivity index (χ1v) is 12.0. The second kappa shape index (κ2) is 8.87. The van der Waals surface area contributed by atoms with Crippen LogP contribution in [0.2, 0.25) is 5.02 Å². The van der Waals surface area contributed by atoms with Gasteiger partial charge in [0.25, 0.3) is 5.56 Å². The molecule has 0 spiro atoms. The summed E-state index contributed by atoms with van der Waals surface area (Å²) >= 11 is 6.54. The van der Waals surface area contributed by atoms with Crippen LogP contribution in [0.25, 0.3) is 21.8 Å². The summed E-state index contributed by atoms with van der Waals surface area (Å²) in [6.07, 6.45) is 7.09. The van der Waals surface area contributed by atoms with Gasteiger partial charge in [0.05, 0.1) is 17.1 Å². The van der Waals surface area contributed by atoms with E-state index in [1.807, 2.05) is 22.8 Å². The molecule has 32 heavy (non-hydrogen) atoms. The zero-order valence-electron chi connectivity index (χ0n) is 18.4. The normalized spacial score (nSPS) is 22.4. The number of likely N-dealkylation sites (tertiary alicyclic amines) is 1. The molecule has 8 heteroatoms. The minimum atomic E-state index is -0.0983. The van der Waals surface area contributed by atoms with Crippen LogP contribution in [0.15, 0.2) is 27.5 Å². The molecule has 3 aromatic rings. The zero-order valence-corrected chi connectivity index (χ0v) is 19.2. The summed E-state index contributed by atoms with van der Waals surface area (Å²) in [4.78, 5) is 28.5. The minimum absolute atomic E-state index is 0.0174. The molecule has 1 aliphatic heterocycles. The molecular weight excluding hydrogens is 428 g/mol. The van der Waals surface area contributed by atoms with Crippen LogP contribution >= 0.6 is 11.6 Å². The van der Waals surface area contributed by atoms with E-state index >= 15 is 0 Å². The van der Waals surface area contributed by atoms with E-state index in [9.17, 15) is 9.59 Å². The fraction of sp³-hybridized carbons (Fsp3) is 0.542. The highest BCUT2D eigenvalue weighted by molar-refractivity contribution is 6.37. The van der Waals surface area contributed by atoms with Crippen molar-refractivity contribution in [3.05, 3.63) is 39.3 Å². The summed E-state index contributed by atoms with van der Waals surface area (Å²) in [5.74, 6) is 0.589. The number of pyridine rings is 1. The number of carbonyl (C=O) groups is 1. The number of carbonyl (C=O) groups excluding carboxylic acids is 1. The lowest BCUT2D eigenvalue weighted by Gasteiger charge is -2.33. The highest BCUT2D eigenvalue weighted by atomic mass is 35.5. The highest BCUT2D eigenvalue weighted by Crippen LogP contribution is 2.35. The summed E-state index contributed by atoms with van der Waals surface area (Å²) in [7, 11) is 0. The summed E-state index contributed by atoms with van der Waals surface area (Å²) in [5, 5.41) is 9.15. The number of nitrogens with zero attached hydrogens (tertiary/aromatic N) is 3. The number of benzene rings is 1. The average Bonchev–Trinajstić information content (AvgIpc) is 3.16. The van der Waals surface area contributed by atoms with Gasteiger partial charge in [-0.25, -0.2) is 0 Å². The zero-order chi connectivity index (χ0) is 22.2. The van der Waals surface area contributed by atoms with E-state index in [0.29, 0.717) is 28.2 Å². The van der Waals surface area contributed by atoms with Gasteiger partial charge in [-0.15, -0.1) is 0 Å². The third-order valence-electron chi connectivity index (χ3n) is 6.98. The van der Waals surface area contributed by atoms with Crippen molar-refractivity contribution >= 4 is 39.3 Å². The van der Waals surface area contributed by atoms with Crippen molar-refractivity contribution in [3.63, 3.8) is 0 Å². The van der Waals surface area contributed by atoms with Crippen molar-refractivity contribution in [2.45, 2.75) is 64.0 Å². The first-order valence-electron chi connectivity index (χ1n) is 11.6. The number of hydrogen-bond donors (Lipinski definition) is 1. The molecule has 5 rings (SSSR count). The first kappa shape index (κ1) is 21.5. The maximum Gasteiger partial charge on any atom is 0.264 e. The SMILES string of the molecule is Cc1onc2c1c(=O)n([C@@H]1CCC[C@H](NC(=O)CN3CCCCC3)C1)c1cccc(Cl)c21. The Bertz CT molecular complexity index is 1210. The molecule has 2 aliphatic rings. The Morgan fingerprint density at radius 2 is 2.00 bits per heavy atom. The molecule has 2 fully saturated rings. The van der Waals surface area contributed by atoms with Gasteiger partial charge in [-0.2, -0.15) is 0 Å². The number of fused-ring (bicyclic) bond motifs is 3. The monoisotopic (exact) mass is 456 g/mol. The molecule has 0 bridgehead atoms. The molecule has 2 aromatic heterocycles. The largest absolute Gasteiger partial charge is 0.360 e. The highest BCUT2D eigenvalue weighted by Gasteiger charge is 2.29. The lowest BCUT2D eigenvalue weighted by Crippen LogP contribution is -2.45. The molecular formula is C24H29ClN4O3. The van der Waals surface area contributed by atoms with Crippen LogP contribution in [0.5, 0.6) is 0 Å². The van der Waals surface area contributed by atoms with Crippen molar-refractivity contribution < 1.29 is 9.32 Å². The number of rotatable bonds is 4. The van der Waals surface area contributed by atoms with Crippen LogP contribution in [0.1, 0.15) is 56.7 Å². The van der Waals surface area contributed by atoms with Crippen molar-refractivity contribution in [3.8, 4) is 0 Å². The number of nitrogens with one attached hydrogen (secondary N) is 1. The molecule has 1 aliphatic carbocycles. The summed E-state index contributed by atoms with van der Waals surface area (Å²) in [5.41, 5.74) is 1.19. The van der Waals surface area contributed by atoms with E-state index in [2.05, 4.69) is 15.4 Å². The lowest BCUT2D eigenvalue weighted by molar-refractivity contribution is -0.123. The standard InChI is InChI=1S/C24H29ClN4O3/c1-15-21-23(27-32-15)22-18(25)9-6-10-19(22)29(24(21)31)17-8-5-7-16(13-17)26-20(30)14-28-11-3-2-4-12-28/h6,9-10,16-17H,2-5,7-8,11-14H2,1H3,(H,26,30)/t16-,17+/m0/s1. The van der Waals surface area contributed by atoms with Gasteiger partial charge >= 0.3 is 0 Å². The minimum Gasteiger partial charge on any atom is -0.360 e. The van der Waals surface area contributed by atoms with Gasteiger partial charge in [-0.1, -0.05) is 29.2 Å².